The van der Waals surface area contributed by atoms with Crippen molar-refractivity contribution in [3.05, 3.63) is 65.5 Å². The molecule has 0 aliphatic heterocycles. The molecule has 0 heterocycles. The topological polar surface area (TPSA) is 37.4 Å². The molecule has 2 aromatic carbocycles. The Morgan fingerprint density at radius 3 is 2.33 bits per heavy atom. The first-order chi connectivity index (χ1) is 9.80. The third-order valence-corrected chi connectivity index (χ3v) is 4.69. The zero-order valence-corrected chi connectivity index (χ0v) is 11.9. The summed E-state index contributed by atoms with van der Waals surface area (Å²) in [5, 5.41) is 0. The maximum Gasteiger partial charge on any atom is 0.246 e. The van der Waals surface area contributed by atoms with Crippen LogP contribution in [0.4, 0.5) is 13.2 Å². The minimum atomic E-state index is -4.21. The van der Waals surface area contributed by atoms with Crippen molar-refractivity contribution >= 4 is 10.0 Å². The Hall–Kier alpha value is -1.86. The summed E-state index contributed by atoms with van der Waals surface area (Å²) in [5.41, 5.74) is 0.401. The summed E-state index contributed by atoms with van der Waals surface area (Å²) in [7, 11) is -2.99. The van der Waals surface area contributed by atoms with E-state index >= 15 is 0 Å². The van der Waals surface area contributed by atoms with Crippen molar-refractivity contribution < 1.29 is 21.6 Å². The third kappa shape index (κ3) is 3.43. The first-order valence-electron chi connectivity index (χ1n) is 5.96. The van der Waals surface area contributed by atoms with E-state index in [4.69, 9.17) is 0 Å². The van der Waals surface area contributed by atoms with Crippen LogP contribution in [0.15, 0.2) is 47.4 Å². The number of hydrogen-bond donors (Lipinski definition) is 0. The molecule has 0 radical (unpaired) electrons. The van der Waals surface area contributed by atoms with Crippen LogP contribution in [0.1, 0.15) is 5.56 Å². The molecule has 0 aromatic heterocycles. The van der Waals surface area contributed by atoms with Crippen LogP contribution < -0.4 is 0 Å². The van der Waals surface area contributed by atoms with Crippen molar-refractivity contribution in [1.82, 2.24) is 4.31 Å². The molecule has 112 valence electrons. The summed E-state index contributed by atoms with van der Waals surface area (Å²) in [6.07, 6.45) is 0. The number of nitrogens with zero attached hydrogens (tertiary/aromatic N) is 1. The van der Waals surface area contributed by atoms with E-state index < -0.39 is 32.4 Å². The van der Waals surface area contributed by atoms with E-state index in [-0.39, 0.29) is 6.54 Å². The van der Waals surface area contributed by atoms with E-state index in [0.717, 1.165) is 16.4 Å². The van der Waals surface area contributed by atoms with Crippen LogP contribution in [-0.2, 0) is 16.6 Å². The van der Waals surface area contributed by atoms with Gasteiger partial charge in [-0.2, -0.15) is 4.31 Å². The second-order valence-electron chi connectivity index (χ2n) is 4.47. The van der Waals surface area contributed by atoms with E-state index in [1.807, 2.05) is 0 Å². The molecule has 0 bridgehead atoms. The predicted octanol–water partition coefficient (Wildman–Crippen LogP) is 2.92. The Kier molecular flexibility index (Phi) is 4.34. The van der Waals surface area contributed by atoms with Crippen LogP contribution in [0, 0.1) is 17.5 Å². The van der Waals surface area contributed by atoms with Gasteiger partial charge in [0.1, 0.15) is 22.3 Å². The highest BCUT2D eigenvalue weighted by molar-refractivity contribution is 7.89. The van der Waals surface area contributed by atoms with Crippen molar-refractivity contribution in [2.45, 2.75) is 11.4 Å². The van der Waals surface area contributed by atoms with Crippen LogP contribution in [-0.4, -0.2) is 19.8 Å². The average Bonchev–Trinajstić information content (AvgIpc) is 2.41. The third-order valence-electron chi connectivity index (χ3n) is 2.88. The lowest BCUT2D eigenvalue weighted by atomic mass is 10.2. The molecule has 0 aliphatic rings. The molecule has 0 saturated heterocycles. The van der Waals surface area contributed by atoms with Gasteiger partial charge < -0.3 is 0 Å². The molecule has 2 rings (SSSR count). The Bertz CT molecular complexity index is 763. The summed E-state index contributed by atoms with van der Waals surface area (Å²) in [6, 6.07) is 7.58. The predicted molar refractivity (Wildman–Crippen MR) is 71.4 cm³/mol. The molecule has 0 atom stereocenters. The number of sulfonamides is 1. The van der Waals surface area contributed by atoms with Crippen molar-refractivity contribution in [2.75, 3.05) is 7.05 Å². The first-order valence-corrected chi connectivity index (χ1v) is 7.40. The van der Waals surface area contributed by atoms with Crippen molar-refractivity contribution in [3.8, 4) is 0 Å². The zero-order valence-electron chi connectivity index (χ0n) is 11.1. The van der Waals surface area contributed by atoms with Crippen LogP contribution in [0.2, 0.25) is 0 Å². The van der Waals surface area contributed by atoms with Crippen molar-refractivity contribution in [1.29, 1.82) is 0 Å². The molecule has 0 amide bonds. The van der Waals surface area contributed by atoms with Gasteiger partial charge in [0.05, 0.1) is 0 Å². The summed E-state index contributed by atoms with van der Waals surface area (Å²) in [5.74, 6) is -2.40. The lowest BCUT2D eigenvalue weighted by Gasteiger charge is -2.17. The molecule has 0 spiro atoms. The second kappa shape index (κ2) is 5.87. The molecule has 0 aliphatic carbocycles. The lowest BCUT2D eigenvalue weighted by molar-refractivity contribution is 0.457. The smallest absolute Gasteiger partial charge is 0.207 e. The zero-order chi connectivity index (χ0) is 15.6. The molecule has 2 aromatic rings. The van der Waals surface area contributed by atoms with Gasteiger partial charge in [0.2, 0.25) is 10.0 Å². The van der Waals surface area contributed by atoms with Gasteiger partial charge in [0, 0.05) is 13.6 Å². The Labute approximate surface area is 120 Å². The lowest BCUT2D eigenvalue weighted by Crippen LogP contribution is -2.27. The number of rotatable bonds is 4. The first kappa shape index (κ1) is 15.5. The highest BCUT2D eigenvalue weighted by atomic mass is 32.2. The molecule has 0 saturated carbocycles. The van der Waals surface area contributed by atoms with Gasteiger partial charge in [-0.15, -0.1) is 0 Å². The monoisotopic (exact) mass is 315 g/mol. The maximum atomic E-state index is 13.6. The maximum absolute atomic E-state index is 13.6. The van der Waals surface area contributed by atoms with Gasteiger partial charge in [0.15, 0.2) is 0 Å². The molecule has 7 heteroatoms. The van der Waals surface area contributed by atoms with E-state index in [9.17, 15) is 21.6 Å². The highest BCUT2D eigenvalue weighted by Crippen LogP contribution is 2.21. The van der Waals surface area contributed by atoms with Crippen LogP contribution in [0.25, 0.3) is 0 Å². The molecular weight excluding hydrogens is 303 g/mol. The largest absolute Gasteiger partial charge is 0.246 e. The fraction of sp³-hybridized carbons (Fsp3) is 0.143. The van der Waals surface area contributed by atoms with E-state index in [0.29, 0.717) is 11.6 Å². The minimum Gasteiger partial charge on any atom is -0.207 e. The van der Waals surface area contributed by atoms with E-state index in [1.54, 1.807) is 0 Å². The number of benzene rings is 2. The van der Waals surface area contributed by atoms with Gasteiger partial charge in [0.25, 0.3) is 0 Å². The fourth-order valence-electron chi connectivity index (χ4n) is 1.82. The molecule has 21 heavy (non-hydrogen) atoms. The fourth-order valence-corrected chi connectivity index (χ4v) is 3.05. The van der Waals surface area contributed by atoms with E-state index in [2.05, 4.69) is 0 Å². The minimum absolute atomic E-state index is 0.157. The van der Waals surface area contributed by atoms with Crippen LogP contribution in [0.5, 0.6) is 0 Å². The molecule has 0 unspecified atom stereocenters. The van der Waals surface area contributed by atoms with Crippen molar-refractivity contribution in [3.63, 3.8) is 0 Å². The van der Waals surface area contributed by atoms with Gasteiger partial charge in [-0.25, -0.2) is 21.6 Å². The summed E-state index contributed by atoms with van der Waals surface area (Å²) in [6.45, 7) is -0.157. The van der Waals surface area contributed by atoms with Crippen molar-refractivity contribution in [2.24, 2.45) is 0 Å². The Morgan fingerprint density at radius 2 is 1.67 bits per heavy atom. The summed E-state index contributed by atoms with van der Waals surface area (Å²) < 4.78 is 65.1. The van der Waals surface area contributed by atoms with Gasteiger partial charge in [-0.3, -0.25) is 0 Å². The standard InChI is InChI=1S/C14H12F3NO2S/c1-18(9-10-3-2-4-11(15)7-10)21(19,20)14-8-12(16)5-6-13(14)17/h2-8H,9H2,1H3. The molecule has 0 N–H and O–H groups in total. The second-order valence-corrected chi connectivity index (χ2v) is 6.48. The Morgan fingerprint density at radius 1 is 1.00 bits per heavy atom. The molecule has 0 fully saturated rings. The number of halogens is 3. The highest BCUT2D eigenvalue weighted by Gasteiger charge is 2.25. The number of hydrogen-bond acceptors (Lipinski definition) is 2. The van der Waals surface area contributed by atoms with Gasteiger partial charge >= 0.3 is 0 Å². The van der Waals surface area contributed by atoms with Crippen LogP contribution >= 0.6 is 0 Å². The molecule has 3 nitrogen and oxygen atoms in total. The van der Waals surface area contributed by atoms with Gasteiger partial charge in [-0.05, 0) is 35.9 Å². The average molecular weight is 315 g/mol. The summed E-state index contributed by atoms with van der Waals surface area (Å²) in [4.78, 5) is -0.749. The quantitative estimate of drug-likeness (QED) is 0.870. The Balaban J connectivity index is 2.33. The molecular formula is C14H12F3NO2S. The normalized spacial score (nSPS) is 11.9. The SMILES string of the molecule is CN(Cc1cccc(F)c1)S(=O)(=O)c1cc(F)ccc1F. The van der Waals surface area contributed by atoms with E-state index in [1.165, 1.54) is 31.3 Å². The van der Waals surface area contributed by atoms with Crippen LogP contribution in [0.3, 0.4) is 0 Å². The summed E-state index contributed by atoms with van der Waals surface area (Å²) >= 11 is 0. The van der Waals surface area contributed by atoms with Gasteiger partial charge in [-0.1, -0.05) is 12.1 Å².